The predicted octanol–water partition coefficient (Wildman–Crippen LogP) is 1.96. The van der Waals surface area contributed by atoms with Gasteiger partial charge in [0.1, 0.15) is 17.3 Å². The van der Waals surface area contributed by atoms with Crippen molar-refractivity contribution < 1.29 is 14.2 Å². The number of rotatable bonds is 4. The number of hydrogen-bond donors (Lipinski definition) is 2. The quantitative estimate of drug-likeness (QED) is 0.823. The minimum absolute atomic E-state index is 0.102. The van der Waals surface area contributed by atoms with E-state index in [4.69, 9.17) is 10.5 Å². The van der Waals surface area contributed by atoms with E-state index in [1.807, 2.05) is 0 Å². The van der Waals surface area contributed by atoms with Crippen molar-refractivity contribution in [2.45, 2.75) is 31.2 Å². The van der Waals surface area contributed by atoms with Crippen molar-refractivity contribution in [3.05, 3.63) is 23.5 Å². The van der Waals surface area contributed by atoms with E-state index in [-0.39, 0.29) is 11.3 Å². The summed E-state index contributed by atoms with van der Waals surface area (Å²) in [7, 11) is 1.47. The molecule has 0 atom stereocenters. The van der Waals surface area contributed by atoms with Gasteiger partial charge < -0.3 is 15.6 Å². The van der Waals surface area contributed by atoms with Crippen LogP contribution in [0.5, 0.6) is 11.5 Å². The van der Waals surface area contributed by atoms with Crippen LogP contribution < -0.4 is 10.5 Å². The Kier molecular flexibility index (Phi) is 2.76. The van der Waals surface area contributed by atoms with Gasteiger partial charge >= 0.3 is 0 Å². The molecule has 0 heterocycles. The van der Waals surface area contributed by atoms with Crippen molar-refractivity contribution in [1.82, 2.24) is 0 Å². The van der Waals surface area contributed by atoms with E-state index in [0.717, 1.165) is 25.3 Å². The highest BCUT2D eigenvalue weighted by atomic mass is 19.1. The lowest BCUT2D eigenvalue weighted by Crippen LogP contribution is -2.22. The Morgan fingerprint density at radius 3 is 2.75 bits per heavy atom. The summed E-state index contributed by atoms with van der Waals surface area (Å²) in [6, 6.07) is 2.53. The number of nitrogens with two attached hydrogens (primary N) is 1. The molecule has 0 saturated heterocycles. The Balaban J connectivity index is 2.17. The molecule has 1 saturated carbocycles. The second-order valence-electron chi connectivity index (χ2n) is 4.47. The van der Waals surface area contributed by atoms with Crippen LogP contribution in [0.15, 0.2) is 12.1 Å². The maximum Gasteiger partial charge on any atom is 0.133 e. The largest absolute Gasteiger partial charge is 0.508 e. The SMILES string of the molecule is COc1cc(O)cc(F)c1CCC1(N)CC1. The second kappa shape index (κ2) is 3.94. The van der Waals surface area contributed by atoms with Gasteiger partial charge in [-0.2, -0.15) is 0 Å². The molecule has 0 aliphatic heterocycles. The number of halogens is 1. The molecule has 0 aromatic heterocycles. The lowest BCUT2D eigenvalue weighted by molar-refractivity contribution is 0.393. The van der Waals surface area contributed by atoms with E-state index in [9.17, 15) is 9.50 Å². The van der Waals surface area contributed by atoms with Gasteiger partial charge in [0.25, 0.3) is 0 Å². The van der Waals surface area contributed by atoms with Crippen molar-refractivity contribution in [3.63, 3.8) is 0 Å². The first-order valence-electron chi connectivity index (χ1n) is 5.38. The van der Waals surface area contributed by atoms with E-state index >= 15 is 0 Å². The third kappa shape index (κ3) is 2.27. The number of hydrogen-bond acceptors (Lipinski definition) is 3. The zero-order valence-electron chi connectivity index (χ0n) is 9.29. The van der Waals surface area contributed by atoms with Gasteiger partial charge in [0, 0.05) is 23.2 Å². The van der Waals surface area contributed by atoms with E-state index in [2.05, 4.69) is 0 Å². The maximum atomic E-state index is 13.6. The highest BCUT2D eigenvalue weighted by Gasteiger charge is 2.37. The molecule has 2 rings (SSSR count). The zero-order chi connectivity index (χ0) is 11.8. The summed E-state index contributed by atoms with van der Waals surface area (Å²) in [5.41, 5.74) is 6.35. The number of phenolic OH excluding ortho intramolecular Hbond substituents is 1. The number of aromatic hydroxyl groups is 1. The molecular formula is C12H16FNO2. The van der Waals surface area contributed by atoms with Crippen LogP contribution in [0, 0.1) is 5.82 Å². The fraction of sp³-hybridized carbons (Fsp3) is 0.500. The van der Waals surface area contributed by atoms with Crippen LogP contribution in [0.25, 0.3) is 0 Å². The summed E-state index contributed by atoms with van der Waals surface area (Å²) in [6.45, 7) is 0. The van der Waals surface area contributed by atoms with Crippen LogP contribution in [0.4, 0.5) is 4.39 Å². The lowest BCUT2D eigenvalue weighted by Gasteiger charge is -2.12. The second-order valence-corrected chi connectivity index (χ2v) is 4.47. The summed E-state index contributed by atoms with van der Waals surface area (Å²) in [5.74, 6) is -0.158. The first kappa shape index (κ1) is 11.2. The smallest absolute Gasteiger partial charge is 0.133 e. The van der Waals surface area contributed by atoms with Crippen LogP contribution >= 0.6 is 0 Å². The molecule has 4 heteroatoms. The molecule has 1 aromatic rings. The first-order chi connectivity index (χ1) is 7.54. The zero-order valence-corrected chi connectivity index (χ0v) is 9.29. The van der Waals surface area contributed by atoms with Gasteiger partial charge in [-0.3, -0.25) is 0 Å². The molecule has 0 bridgehead atoms. The number of benzene rings is 1. The van der Waals surface area contributed by atoms with E-state index in [1.165, 1.54) is 13.2 Å². The maximum absolute atomic E-state index is 13.6. The van der Waals surface area contributed by atoms with Gasteiger partial charge in [-0.1, -0.05) is 0 Å². The molecule has 1 aliphatic rings. The molecule has 0 amide bonds. The van der Waals surface area contributed by atoms with Crippen LogP contribution in [-0.2, 0) is 6.42 Å². The van der Waals surface area contributed by atoms with Crippen LogP contribution in [0.2, 0.25) is 0 Å². The van der Waals surface area contributed by atoms with Gasteiger partial charge in [0.15, 0.2) is 0 Å². The Morgan fingerprint density at radius 1 is 1.50 bits per heavy atom. The van der Waals surface area contributed by atoms with Crippen LogP contribution in [0.3, 0.4) is 0 Å². The summed E-state index contributed by atoms with van der Waals surface area (Å²) in [4.78, 5) is 0. The third-order valence-corrected chi connectivity index (χ3v) is 3.12. The van der Waals surface area contributed by atoms with Gasteiger partial charge in [-0.15, -0.1) is 0 Å². The van der Waals surface area contributed by atoms with Crippen molar-refractivity contribution >= 4 is 0 Å². The summed E-state index contributed by atoms with van der Waals surface area (Å²) in [6.07, 6.45) is 3.32. The number of phenols is 1. The standard InChI is InChI=1S/C12H16FNO2/c1-16-11-7-8(15)6-10(13)9(11)2-3-12(14)4-5-12/h6-7,15H,2-5,14H2,1H3. The normalized spacial score (nSPS) is 17.2. The number of ether oxygens (including phenoxy) is 1. The fourth-order valence-corrected chi connectivity index (χ4v) is 1.81. The van der Waals surface area contributed by atoms with Crippen LogP contribution in [-0.4, -0.2) is 17.8 Å². The highest BCUT2D eigenvalue weighted by Crippen LogP contribution is 2.38. The van der Waals surface area contributed by atoms with Gasteiger partial charge in [-0.25, -0.2) is 4.39 Å². The minimum atomic E-state index is -0.430. The minimum Gasteiger partial charge on any atom is -0.508 e. The van der Waals surface area contributed by atoms with Gasteiger partial charge in [0.2, 0.25) is 0 Å². The van der Waals surface area contributed by atoms with Crippen LogP contribution in [0.1, 0.15) is 24.8 Å². The Labute approximate surface area is 94.0 Å². The average Bonchev–Trinajstić information content (AvgIpc) is 2.94. The average molecular weight is 225 g/mol. The summed E-state index contributed by atoms with van der Waals surface area (Å²) in [5, 5.41) is 9.25. The molecule has 1 aromatic carbocycles. The number of methoxy groups -OCH3 is 1. The molecule has 0 spiro atoms. The highest BCUT2D eigenvalue weighted by molar-refractivity contribution is 5.41. The summed E-state index contributed by atoms with van der Waals surface area (Å²) >= 11 is 0. The van der Waals surface area contributed by atoms with E-state index < -0.39 is 5.82 Å². The Hall–Kier alpha value is -1.29. The molecule has 3 N–H and O–H groups in total. The molecule has 1 aliphatic carbocycles. The summed E-state index contributed by atoms with van der Waals surface area (Å²) < 4.78 is 18.7. The molecule has 3 nitrogen and oxygen atoms in total. The Morgan fingerprint density at radius 2 is 2.19 bits per heavy atom. The third-order valence-electron chi connectivity index (χ3n) is 3.12. The van der Waals surface area contributed by atoms with Crippen molar-refractivity contribution in [3.8, 4) is 11.5 Å². The van der Waals surface area contributed by atoms with Crippen molar-refractivity contribution in [2.75, 3.05) is 7.11 Å². The van der Waals surface area contributed by atoms with Gasteiger partial charge in [-0.05, 0) is 25.7 Å². The van der Waals surface area contributed by atoms with Crippen molar-refractivity contribution in [2.24, 2.45) is 5.73 Å². The molecular weight excluding hydrogens is 209 g/mol. The first-order valence-corrected chi connectivity index (χ1v) is 5.38. The monoisotopic (exact) mass is 225 g/mol. The Bertz CT molecular complexity index is 402. The predicted molar refractivity (Wildman–Crippen MR) is 59.1 cm³/mol. The molecule has 16 heavy (non-hydrogen) atoms. The topological polar surface area (TPSA) is 55.5 Å². The van der Waals surface area contributed by atoms with E-state index in [1.54, 1.807) is 0 Å². The lowest BCUT2D eigenvalue weighted by atomic mass is 10.0. The molecule has 0 radical (unpaired) electrons. The molecule has 0 unspecified atom stereocenters. The van der Waals surface area contributed by atoms with E-state index in [0.29, 0.717) is 17.7 Å². The van der Waals surface area contributed by atoms with Crippen molar-refractivity contribution in [1.29, 1.82) is 0 Å². The molecule has 88 valence electrons. The fourth-order valence-electron chi connectivity index (χ4n) is 1.81. The van der Waals surface area contributed by atoms with Gasteiger partial charge in [0.05, 0.1) is 7.11 Å². The molecule has 1 fully saturated rings.